The average Bonchev–Trinajstić information content (AvgIpc) is 2.87. The van der Waals surface area contributed by atoms with Crippen LogP contribution in [0.3, 0.4) is 0 Å². The van der Waals surface area contributed by atoms with Crippen molar-refractivity contribution in [1.29, 1.82) is 0 Å². The van der Waals surface area contributed by atoms with Crippen LogP contribution in [0.5, 0.6) is 0 Å². The maximum Gasteiger partial charge on any atom is 0.243 e. The molecule has 2 aromatic carbocycles. The van der Waals surface area contributed by atoms with Crippen molar-refractivity contribution in [2.45, 2.75) is 63.3 Å². The molecular formula is C27H38N4O3S. The SMILES string of the molecule is CCCCC(=O)Nc1ccc(N2CCN(CC)CC2)c(S(=O)(=O)N[C@@H]2CCCc3ccccc32)c1. The summed E-state index contributed by atoms with van der Waals surface area (Å²) in [5.74, 6) is -0.0892. The Balaban J connectivity index is 1.64. The van der Waals surface area contributed by atoms with Crippen molar-refractivity contribution in [3.05, 3.63) is 53.6 Å². The normalized spacial score (nSPS) is 18.8. The highest BCUT2D eigenvalue weighted by Crippen LogP contribution is 2.34. The van der Waals surface area contributed by atoms with E-state index in [0.29, 0.717) is 17.8 Å². The summed E-state index contributed by atoms with van der Waals surface area (Å²) in [4.78, 5) is 17.1. The van der Waals surface area contributed by atoms with Gasteiger partial charge in [0.2, 0.25) is 15.9 Å². The molecule has 4 rings (SSSR count). The van der Waals surface area contributed by atoms with E-state index in [1.54, 1.807) is 6.07 Å². The molecule has 1 fully saturated rings. The zero-order valence-electron chi connectivity index (χ0n) is 20.9. The number of anilines is 2. The van der Waals surface area contributed by atoms with Crippen LogP contribution in [0.25, 0.3) is 0 Å². The number of nitrogens with zero attached hydrogens (tertiary/aromatic N) is 2. The zero-order valence-corrected chi connectivity index (χ0v) is 21.7. The quantitative estimate of drug-likeness (QED) is 0.538. The van der Waals surface area contributed by atoms with Gasteiger partial charge in [-0.05, 0) is 61.6 Å². The smallest absolute Gasteiger partial charge is 0.243 e. The van der Waals surface area contributed by atoms with Crippen molar-refractivity contribution in [3.8, 4) is 0 Å². The number of likely N-dealkylation sites (N-methyl/N-ethyl adjacent to an activating group) is 1. The first kappa shape index (κ1) is 25.7. The van der Waals surface area contributed by atoms with Crippen molar-refractivity contribution in [2.24, 2.45) is 0 Å². The second kappa shape index (κ2) is 11.5. The fourth-order valence-electron chi connectivity index (χ4n) is 5.06. The lowest BCUT2D eigenvalue weighted by Gasteiger charge is -2.36. The first-order valence-corrected chi connectivity index (χ1v) is 14.4. The number of hydrogen-bond acceptors (Lipinski definition) is 5. The van der Waals surface area contributed by atoms with Crippen molar-refractivity contribution in [1.82, 2.24) is 9.62 Å². The van der Waals surface area contributed by atoms with E-state index in [4.69, 9.17) is 0 Å². The summed E-state index contributed by atoms with van der Waals surface area (Å²) in [6.45, 7) is 8.51. The Hall–Kier alpha value is -2.42. The van der Waals surface area contributed by atoms with Crippen LogP contribution in [0.15, 0.2) is 47.4 Å². The van der Waals surface area contributed by atoms with Gasteiger partial charge in [-0.1, -0.05) is 44.5 Å². The van der Waals surface area contributed by atoms with Crippen LogP contribution in [-0.4, -0.2) is 51.9 Å². The molecule has 1 amide bonds. The number of hydrogen-bond donors (Lipinski definition) is 2. The fraction of sp³-hybridized carbons (Fsp3) is 0.519. The molecule has 2 aromatic rings. The van der Waals surface area contributed by atoms with Crippen LogP contribution >= 0.6 is 0 Å². The summed E-state index contributed by atoms with van der Waals surface area (Å²) >= 11 is 0. The number of nitrogens with one attached hydrogen (secondary N) is 2. The second-order valence-corrected chi connectivity index (χ2v) is 11.2. The molecule has 1 heterocycles. The molecule has 190 valence electrons. The van der Waals surface area contributed by atoms with Gasteiger partial charge in [0.05, 0.1) is 5.69 Å². The van der Waals surface area contributed by atoms with E-state index in [-0.39, 0.29) is 16.8 Å². The third-order valence-corrected chi connectivity index (χ3v) is 8.62. The average molecular weight is 499 g/mol. The Bertz CT molecular complexity index is 1130. The molecule has 1 aliphatic heterocycles. The maximum atomic E-state index is 13.8. The van der Waals surface area contributed by atoms with Crippen molar-refractivity contribution >= 4 is 27.3 Å². The van der Waals surface area contributed by atoms with Crippen molar-refractivity contribution < 1.29 is 13.2 Å². The summed E-state index contributed by atoms with van der Waals surface area (Å²) in [5.41, 5.74) is 3.49. The Morgan fingerprint density at radius 1 is 1.06 bits per heavy atom. The molecule has 8 heteroatoms. The van der Waals surface area contributed by atoms with E-state index in [1.807, 2.05) is 37.3 Å². The third kappa shape index (κ3) is 6.23. The second-order valence-electron chi connectivity index (χ2n) is 9.52. The maximum absolute atomic E-state index is 13.8. The Kier molecular flexibility index (Phi) is 8.46. The van der Waals surface area contributed by atoms with Crippen LogP contribution in [0.4, 0.5) is 11.4 Å². The van der Waals surface area contributed by atoms with Gasteiger partial charge in [0.1, 0.15) is 4.90 Å². The minimum absolute atomic E-state index is 0.0892. The van der Waals surface area contributed by atoms with Gasteiger partial charge in [-0.25, -0.2) is 13.1 Å². The number of rotatable bonds is 9. The first-order valence-electron chi connectivity index (χ1n) is 12.9. The first-order chi connectivity index (χ1) is 16.9. The number of amides is 1. The largest absolute Gasteiger partial charge is 0.368 e. The van der Waals surface area contributed by atoms with Crippen molar-refractivity contribution in [3.63, 3.8) is 0 Å². The van der Waals surface area contributed by atoms with E-state index < -0.39 is 10.0 Å². The standard InChI is InChI=1S/C27H38N4O3S/c1-3-5-13-27(32)28-22-14-15-25(31-18-16-30(4-2)17-19-31)26(20-22)35(33,34)29-24-12-8-10-21-9-6-7-11-23(21)24/h6-7,9,11,14-15,20,24,29H,3-5,8,10,12-13,16-19H2,1-2H3,(H,28,32)/t24-/m1/s1. The van der Waals surface area contributed by atoms with Crippen molar-refractivity contribution in [2.75, 3.05) is 42.9 Å². The van der Waals surface area contributed by atoms with E-state index in [2.05, 4.69) is 32.8 Å². The molecular weight excluding hydrogens is 460 g/mol. The predicted octanol–water partition coefficient (Wildman–Crippen LogP) is 4.31. The monoisotopic (exact) mass is 498 g/mol. The van der Waals surface area contributed by atoms with Crippen LogP contribution < -0.4 is 14.9 Å². The highest BCUT2D eigenvalue weighted by Gasteiger charge is 2.30. The number of fused-ring (bicyclic) bond motifs is 1. The van der Waals surface area contributed by atoms with Crippen LogP contribution in [0, 0.1) is 0 Å². The molecule has 1 saturated heterocycles. The van der Waals surface area contributed by atoms with Gasteiger partial charge in [-0.2, -0.15) is 0 Å². The van der Waals surface area contributed by atoms with Gasteiger partial charge in [-0.3, -0.25) is 4.79 Å². The lowest BCUT2D eigenvalue weighted by Crippen LogP contribution is -2.46. The van der Waals surface area contributed by atoms with Gasteiger partial charge >= 0.3 is 0 Å². The Morgan fingerprint density at radius 2 is 1.83 bits per heavy atom. The lowest BCUT2D eigenvalue weighted by atomic mass is 9.88. The highest BCUT2D eigenvalue weighted by molar-refractivity contribution is 7.89. The van der Waals surface area contributed by atoms with Gasteiger partial charge < -0.3 is 15.1 Å². The molecule has 0 unspecified atom stereocenters. The molecule has 0 radical (unpaired) electrons. The minimum atomic E-state index is -3.83. The molecule has 0 aromatic heterocycles. The van der Waals surface area contributed by atoms with Gasteiger partial charge in [0.15, 0.2) is 0 Å². The molecule has 2 N–H and O–H groups in total. The summed E-state index contributed by atoms with van der Waals surface area (Å²) in [6, 6.07) is 13.1. The molecule has 0 saturated carbocycles. The minimum Gasteiger partial charge on any atom is -0.368 e. The van der Waals surface area contributed by atoms with Crippen LogP contribution in [0.1, 0.15) is 63.1 Å². The summed E-state index contributed by atoms with van der Waals surface area (Å²) < 4.78 is 30.7. The summed E-state index contributed by atoms with van der Waals surface area (Å²) in [7, 11) is -3.83. The summed E-state index contributed by atoms with van der Waals surface area (Å²) in [6.07, 6.45) is 4.86. The van der Waals surface area contributed by atoms with E-state index >= 15 is 0 Å². The Morgan fingerprint density at radius 3 is 2.57 bits per heavy atom. The number of unbranched alkanes of at least 4 members (excludes halogenated alkanes) is 1. The highest BCUT2D eigenvalue weighted by atomic mass is 32.2. The van der Waals surface area contributed by atoms with E-state index in [1.165, 1.54) is 5.56 Å². The van der Waals surface area contributed by atoms with Crippen LogP contribution in [-0.2, 0) is 21.2 Å². The fourth-order valence-corrected chi connectivity index (χ4v) is 6.56. The molecule has 35 heavy (non-hydrogen) atoms. The lowest BCUT2D eigenvalue weighted by molar-refractivity contribution is -0.116. The number of sulfonamides is 1. The molecule has 1 atom stereocenters. The molecule has 7 nitrogen and oxygen atoms in total. The topological polar surface area (TPSA) is 81.8 Å². The number of piperazine rings is 1. The van der Waals surface area contributed by atoms with E-state index in [0.717, 1.165) is 70.4 Å². The van der Waals surface area contributed by atoms with Crippen LogP contribution in [0.2, 0.25) is 0 Å². The number of carbonyl (C=O) groups is 1. The third-order valence-electron chi connectivity index (χ3n) is 7.12. The molecule has 0 spiro atoms. The Labute approximate surface area is 209 Å². The number of carbonyl (C=O) groups excluding carboxylic acids is 1. The summed E-state index contributed by atoms with van der Waals surface area (Å²) in [5, 5.41) is 2.90. The molecule has 2 aliphatic rings. The number of benzene rings is 2. The number of aryl methyl sites for hydroxylation is 1. The predicted molar refractivity (Wildman–Crippen MR) is 141 cm³/mol. The zero-order chi connectivity index (χ0) is 24.8. The van der Waals surface area contributed by atoms with E-state index in [9.17, 15) is 13.2 Å². The van der Waals surface area contributed by atoms with Gasteiger partial charge in [0, 0.05) is 44.3 Å². The molecule has 1 aliphatic carbocycles. The van der Waals surface area contributed by atoms with Gasteiger partial charge in [-0.15, -0.1) is 0 Å². The molecule has 0 bridgehead atoms. The van der Waals surface area contributed by atoms with Gasteiger partial charge in [0.25, 0.3) is 0 Å².